The standard InChI is InChI=1S/C18H23NO2S/c1-3-4-5-6-16-9-13-18(14-10-16)22(20,21)19-17-11-7-15(2)8-12-17/h7-14,19H,3-6H2,1-2H3. The molecule has 0 aliphatic rings. The highest BCUT2D eigenvalue weighted by atomic mass is 32.2. The largest absolute Gasteiger partial charge is 0.280 e. The second kappa shape index (κ2) is 7.45. The summed E-state index contributed by atoms with van der Waals surface area (Å²) in [5, 5.41) is 0. The molecule has 0 atom stereocenters. The normalized spacial score (nSPS) is 11.4. The van der Waals surface area contributed by atoms with Gasteiger partial charge in [0, 0.05) is 5.69 Å². The van der Waals surface area contributed by atoms with Crippen LogP contribution in [0.1, 0.15) is 37.3 Å². The maximum Gasteiger partial charge on any atom is 0.261 e. The van der Waals surface area contributed by atoms with E-state index in [2.05, 4.69) is 11.6 Å². The predicted molar refractivity (Wildman–Crippen MR) is 91.7 cm³/mol. The fourth-order valence-electron chi connectivity index (χ4n) is 2.25. The summed E-state index contributed by atoms with van der Waals surface area (Å²) in [6.45, 7) is 4.14. The second-order valence-corrected chi connectivity index (χ2v) is 7.25. The quantitative estimate of drug-likeness (QED) is 0.763. The summed E-state index contributed by atoms with van der Waals surface area (Å²) in [4.78, 5) is 0.298. The number of nitrogens with one attached hydrogen (secondary N) is 1. The van der Waals surface area contributed by atoms with E-state index in [0.29, 0.717) is 10.6 Å². The molecule has 0 heterocycles. The predicted octanol–water partition coefficient (Wildman–Crippen LogP) is 4.53. The molecule has 0 bridgehead atoms. The Balaban J connectivity index is 2.07. The number of benzene rings is 2. The van der Waals surface area contributed by atoms with Gasteiger partial charge in [0.2, 0.25) is 0 Å². The molecule has 0 amide bonds. The van der Waals surface area contributed by atoms with Crippen molar-refractivity contribution in [1.29, 1.82) is 0 Å². The fraction of sp³-hybridized carbons (Fsp3) is 0.333. The van der Waals surface area contributed by atoms with E-state index in [1.807, 2.05) is 31.2 Å². The van der Waals surface area contributed by atoms with Crippen LogP contribution in [0.25, 0.3) is 0 Å². The van der Waals surface area contributed by atoms with Crippen LogP contribution in [0.4, 0.5) is 5.69 Å². The van der Waals surface area contributed by atoms with Crippen molar-refractivity contribution in [2.75, 3.05) is 4.72 Å². The maximum absolute atomic E-state index is 12.3. The molecule has 2 aromatic carbocycles. The molecular weight excluding hydrogens is 294 g/mol. The minimum Gasteiger partial charge on any atom is -0.280 e. The van der Waals surface area contributed by atoms with Gasteiger partial charge in [0.05, 0.1) is 4.90 Å². The number of anilines is 1. The van der Waals surface area contributed by atoms with Gasteiger partial charge in [-0.1, -0.05) is 49.6 Å². The van der Waals surface area contributed by atoms with Crippen molar-refractivity contribution in [2.24, 2.45) is 0 Å². The minimum atomic E-state index is -3.52. The molecule has 118 valence electrons. The zero-order chi connectivity index (χ0) is 16.0. The van der Waals surface area contributed by atoms with Crippen molar-refractivity contribution in [3.8, 4) is 0 Å². The third-order valence-electron chi connectivity index (χ3n) is 3.61. The summed E-state index contributed by atoms with van der Waals surface area (Å²) in [7, 11) is -3.52. The first kappa shape index (κ1) is 16.6. The van der Waals surface area contributed by atoms with Crippen LogP contribution in [-0.4, -0.2) is 8.42 Å². The van der Waals surface area contributed by atoms with Crippen molar-refractivity contribution in [3.05, 3.63) is 59.7 Å². The lowest BCUT2D eigenvalue weighted by atomic mass is 10.1. The highest BCUT2D eigenvalue weighted by molar-refractivity contribution is 7.92. The SMILES string of the molecule is CCCCCc1ccc(S(=O)(=O)Nc2ccc(C)cc2)cc1. The van der Waals surface area contributed by atoms with E-state index in [1.54, 1.807) is 24.3 Å². The molecule has 1 N–H and O–H groups in total. The van der Waals surface area contributed by atoms with E-state index in [1.165, 1.54) is 18.4 Å². The monoisotopic (exact) mass is 317 g/mol. The van der Waals surface area contributed by atoms with Gasteiger partial charge in [-0.2, -0.15) is 0 Å². The zero-order valence-corrected chi connectivity index (χ0v) is 14.0. The number of hydrogen-bond acceptors (Lipinski definition) is 2. The lowest BCUT2D eigenvalue weighted by molar-refractivity contribution is 0.601. The molecule has 0 aromatic heterocycles. The number of aryl methyl sites for hydroxylation is 2. The van der Waals surface area contributed by atoms with Gasteiger partial charge in [-0.05, 0) is 49.6 Å². The highest BCUT2D eigenvalue weighted by Crippen LogP contribution is 2.18. The van der Waals surface area contributed by atoms with Crippen molar-refractivity contribution in [1.82, 2.24) is 0 Å². The highest BCUT2D eigenvalue weighted by Gasteiger charge is 2.13. The Morgan fingerprint density at radius 2 is 1.55 bits per heavy atom. The van der Waals surface area contributed by atoms with Crippen LogP contribution in [0.15, 0.2) is 53.4 Å². The minimum absolute atomic E-state index is 0.298. The van der Waals surface area contributed by atoms with Crippen molar-refractivity contribution >= 4 is 15.7 Å². The molecule has 22 heavy (non-hydrogen) atoms. The maximum atomic E-state index is 12.3. The zero-order valence-electron chi connectivity index (χ0n) is 13.2. The van der Waals surface area contributed by atoms with Crippen LogP contribution in [0.5, 0.6) is 0 Å². The molecule has 3 nitrogen and oxygen atoms in total. The first-order valence-electron chi connectivity index (χ1n) is 7.69. The molecule has 0 aliphatic heterocycles. The molecule has 4 heteroatoms. The summed E-state index contributed by atoms with van der Waals surface area (Å²) < 4.78 is 27.3. The van der Waals surface area contributed by atoms with E-state index in [0.717, 1.165) is 18.4 Å². The summed E-state index contributed by atoms with van der Waals surface area (Å²) in [5.74, 6) is 0. The Morgan fingerprint density at radius 3 is 2.14 bits per heavy atom. The first-order chi connectivity index (χ1) is 10.5. The number of unbranched alkanes of at least 4 members (excludes halogenated alkanes) is 2. The summed E-state index contributed by atoms with van der Waals surface area (Å²) >= 11 is 0. The van der Waals surface area contributed by atoms with Crippen molar-refractivity contribution in [2.45, 2.75) is 44.4 Å². The average molecular weight is 317 g/mol. The Labute approximate surface area is 133 Å². The summed E-state index contributed by atoms with van der Waals surface area (Å²) in [6, 6.07) is 14.5. The van der Waals surface area contributed by atoms with E-state index in [9.17, 15) is 8.42 Å². The number of sulfonamides is 1. The number of rotatable bonds is 7. The van der Waals surface area contributed by atoms with Gasteiger partial charge in [0.15, 0.2) is 0 Å². The van der Waals surface area contributed by atoms with Crippen LogP contribution >= 0.6 is 0 Å². The molecule has 2 aromatic rings. The molecule has 0 spiro atoms. The Morgan fingerprint density at radius 1 is 0.909 bits per heavy atom. The van der Waals surface area contributed by atoms with Crippen LogP contribution in [-0.2, 0) is 16.4 Å². The third-order valence-corrected chi connectivity index (χ3v) is 5.00. The molecule has 0 saturated heterocycles. The molecule has 0 saturated carbocycles. The fourth-order valence-corrected chi connectivity index (χ4v) is 3.31. The van der Waals surface area contributed by atoms with Crippen LogP contribution in [0, 0.1) is 6.92 Å². The van der Waals surface area contributed by atoms with Gasteiger partial charge in [0.1, 0.15) is 0 Å². The number of hydrogen-bond donors (Lipinski definition) is 1. The summed E-state index contributed by atoms with van der Waals surface area (Å²) in [6.07, 6.45) is 4.53. The molecule has 0 fully saturated rings. The van der Waals surface area contributed by atoms with Gasteiger partial charge in [0.25, 0.3) is 10.0 Å². The summed E-state index contributed by atoms with van der Waals surface area (Å²) in [5.41, 5.74) is 2.86. The Bertz CT molecular complexity index is 689. The smallest absolute Gasteiger partial charge is 0.261 e. The molecular formula is C18H23NO2S. The Kier molecular flexibility index (Phi) is 5.61. The molecule has 0 aliphatic carbocycles. The first-order valence-corrected chi connectivity index (χ1v) is 9.18. The molecule has 0 unspecified atom stereocenters. The van der Waals surface area contributed by atoms with Gasteiger partial charge >= 0.3 is 0 Å². The topological polar surface area (TPSA) is 46.2 Å². The van der Waals surface area contributed by atoms with E-state index < -0.39 is 10.0 Å². The van der Waals surface area contributed by atoms with Gasteiger partial charge < -0.3 is 0 Å². The van der Waals surface area contributed by atoms with E-state index in [-0.39, 0.29) is 0 Å². The van der Waals surface area contributed by atoms with Gasteiger partial charge in [-0.15, -0.1) is 0 Å². The van der Waals surface area contributed by atoms with Crippen molar-refractivity contribution in [3.63, 3.8) is 0 Å². The van der Waals surface area contributed by atoms with Crippen LogP contribution < -0.4 is 4.72 Å². The molecule has 0 radical (unpaired) electrons. The van der Waals surface area contributed by atoms with Crippen LogP contribution in [0.2, 0.25) is 0 Å². The Hall–Kier alpha value is -1.81. The van der Waals surface area contributed by atoms with E-state index >= 15 is 0 Å². The van der Waals surface area contributed by atoms with Crippen molar-refractivity contribution < 1.29 is 8.42 Å². The molecule has 2 rings (SSSR count). The van der Waals surface area contributed by atoms with E-state index in [4.69, 9.17) is 0 Å². The average Bonchev–Trinajstić information content (AvgIpc) is 2.50. The third kappa shape index (κ3) is 4.60. The van der Waals surface area contributed by atoms with Gasteiger partial charge in [-0.3, -0.25) is 4.72 Å². The lowest BCUT2D eigenvalue weighted by Gasteiger charge is -2.09. The van der Waals surface area contributed by atoms with Gasteiger partial charge in [-0.25, -0.2) is 8.42 Å². The van der Waals surface area contributed by atoms with Crippen LogP contribution in [0.3, 0.4) is 0 Å². The second-order valence-electron chi connectivity index (χ2n) is 5.57. The lowest BCUT2D eigenvalue weighted by Crippen LogP contribution is -2.12.